The number of phenolic OH excluding ortho intramolecular Hbond substituents is 2. The van der Waals surface area contributed by atoms with Crippen LogP contribution >= 0.6 is 0 Å². The van der Waals surface area contributed by atoms with E-state index in [1.54, 1.807) is 37.3 Å². The number of H-pyrrole nitrogens is 1. The van der Waals surface area contributed by atoms with Gasteiger partial charge in [-0.1, -0.05) is 24.3 Å². The molecular weight excluding hydrogens is 358 g/mol. The monoisotopic (exact) mass is 373 g/mol. The lowest BCUT2D eigenvalue weighted by Gasteiger charge is -2.15. The highest BCUT2D eigenvalue weighted by Gasteiger charge is 2.36. The molecule has 5 rings (SSSR count). The first-order valence-electron chi connectivity index (χ1n) is 8.63. The summed E-state index contributed by atoms with van der Waals surface area (Å²) in [4.78, 5) is 28.4. The molecule has 0 aliphatic carbocycles. The largest absolute Gasteiger partial charge is 0.508 e. The van der Waals surface area contributed by atoms with Crippen LogP contribution in [0.5, 0.6) is 11.5 Å². The minimum absolute atomic E-state index is 0.0154. The van der Waals surface area contributed by atoms with Crippen molar-refractivity contribution in [1.29, 1.82) is 0 Å². The Hall–Kier alpha value is -4.00. The molecule has 7 nitrogen and oxygen atoms in total. The summed E-state index contributed by atoms with van der Waals surface area (Å²) >= 11 is 0. The van der Waals surface area contributed by atoms with Gasteiger partial charge in [-0.05, 0) is 30.2 Å². The van der Waals surface area contributed by atoms with Gasteiger partial charge in [0.25, 0.3) is 11.8 Å². The number of anilines is 1. The Morgan fingerprint density at radius 1 is 0.857 bits per heavy atom. The molecule has 3 aromatic carbocycles. The van der Waals surface area contributed by atoms with E-state index in [2.05, 4.69) is 10.3 Å². The molecule has 0 radical (unpaired) electrons. The predicted molar refractivity (Wildman–Crippen MR) is 106 cm³/mol. The minimum atomic E-state index is -0.541. The number of carbonyl (C=O) groups excluding carboxylic acids is 2. The second kappa shape index (κ2) is 5.26. The highest BCUT2D eigenvalue weighted by Crippen LogP contribution is 2.46. The van der Waals surface area contributed by atoms with Crippen LogP contribution in [0.15, 0.2) is 36.4 Å². The Balaban J connectivity index is 2.06. The van der Waals surface area contributed by atoms with Crippen molar-refractivity contribution >= 4 is 39.3 Å². The molecule has 4 aromatic rings. The maximum Gasteiger partial charge on any atom is 0.259 e. The summed E-state index contributed by atoms with van der Waals surface area (Å²) in [5.74, 6) is -0.986. The number of hydrogen-bond acceptors (Lipinski definition) is 5. The van der Waals surface area contributed by atoms with E-state index in [1.165, 1.54) is 6.07 Å². The molecule has 0 saturated carbocycles. The van der Waals surface area contributed by atoms with Crippen LogP contribution in [0.4, 0.5) is 5.69 Å². The third-order valence-corrected chi connectivity index (χ3v) is 5.36. The molecule has 2 amide bonds. The molecule has 28 heavy (non-hydrogen) atoms. The van der Waals surface area contributed by atoms with Gasteiger partial charge in [-0.15, -0.1) is 0 Å². The molecule has 1 aromatic heterocycles. The fourth-order valence-corrected chi connectivity index (χ4v) is 4.03. The summed E-state index contributed by atoms with van der Waals surface area (Å²) in [5, 5.41) is 23.8. The van der Waals surface area contributed by atoms with E-state index in [4.69, 9.17) is 5.73 Å². The van der Waals surface area contributed by atoms with Crippen LogP contribution < -0.4 is 11.1 Å². The van der Waals surface area contributed by atoms with Crippen molar-refractivity contribution in [3.8, 4) is 22.6 Å². The van der Waals surface area contributed by atoms with Crippen molar-refractivity contribution in [3.05, 3.63) is 53.1 Å². The highest BCUT2D eigenvalue weighted by molar-refractivity contribution is 6.34. The van der Waals surface area contributed by atoms with E-state index in [0.29, 0.717) is 38.5 Å². The lowest BCUT2D eigenvalue weighted by Crippen LogP contribution is -2.20. The smallest absolute Gasteiger partial charge is 0.259 e. The Morgan fingerprint density at radius 3 is 2.32 bits per heavy atom. The van der Waals surface area contributed by atoms with E-state index in [0.717, 1.165) is 0 Å². The van der Waals surface area contributed by atoms with E-state index in [-0.39, 0.29) is 28.3 Å². The molecule has 2 heterocycles. The Labute approximate surface area is 158 Å². The van der Waals surface area contributed by atoms with Gasteiger partial charge in [0.2, 0.25) is 0 Å². The molecule has 0 bridgehead atoms. The van der Waals surface area contributed by atoms with Crippen LogP contribution in [-0.4, -0.2) is 27.0 Å². The third kappa shape index (κ3) is 1.87. The van der Waals surface area contributed by atoms with Crippen molar-refractivity contribution in [1.82, 2.24) is 10.3 Å². The summed E-state index contributed by atoms with van der Waals surface area (Å²) < 4.78 is 0. The molecule has 7 heteroatoms. The maximum atomic E-state index is 12.7. The van der Waals surface area contributed by atoms with Gasteiger partial charge < -0.3 is 20.9 Å². The number of benzene rings is 3. The van der Waals surface area contributed by atoms with E-state index >= 15 is 0 Å². The quantitative estimate of drug-likeness (QED) is 0.259. The fraction of sp³-hybridized carbons (Fsp3) is 0.0476. The van der Waals surface area contributed by atoms with Crippen molar-refractivity contribution in [3.63, 3.8) is 0 Å². The lowest BCUT2D eigenvalue weighted by atomic mass is 9.89. The number of phenols is 2. The summed E-state index contributed by atoms with van der Waals surface area (Å²) in [6, 6.07) is 9.88. The first-order valence-corrected chi connectivity index (χ1v) is 8.63. The molecule has 0 unspecified atom stereocenters. The Bertz CT molecular complexity index is 1370. The lowest BCUT2D eigenvalue weighted by molar-refractivity contribution is 0.0880. The number of aromatic nitrogens is 1. The Kier molecular flexibility index (Phi) is 3.04. The van der Waals surface area contributed by atoms with Crippen LogP contribution in [0.2, 0.25) is 0 Å². The van der Waals surface area contributed by atoms with Crippen molar-refractivity contribution < 1.29 is 19.8 Å². The number of hydrogen-bond donors (Lipinski definition) is 5. The number of nitrogens with one attached hydrogen (secondary N) is 2. The minimum Gasteiger partial charge on any atom is -0.508 e. The molecule has 0 saturated heterocycles. The summed E-state index contributed by atoms with van der Waals surface area (Å²) in [6.07, 6.45) is 0. The number of nitrogen functional groups attached to an aromatic ring is 1. The van der Waals surface area contributed by atoms with Gasteiger partial charge >= 0.3 is 0 Å². The molecule has 6 N–H and O–H groups in total. The molecule has 0 fully saturated rings. The van der Waals surface area contributed by atoms with Crippen molar-refractivity contribution in [2.24, 2.45) is 0 Å². The van der Waals surface area contributed by atoms with E-state index in [1.807, 2.05) is 0 Å². The molecule has 138 valence electrons. The topological polar surface area (TPSA) is 128 Å². The normalized spacial score (nSPS) is 13.3. The van der Waals surface area contributed by atoms with E-state index < -0.39 is 11.8 Å². The number of nitrogens with two attached hydrogens (primary N) is 1. The van der Waals surface area contributed by atoms with Gasteiger partial charge in [-0.25, -0.2) is 0 Å². The number of aromatic amines is 1. The molecular formula is C21H15N3O4. The van der Waals surface area contributed by atoms with Gasteiger partial charge in [0, 0.05) is 16.3 Å². The fourth-order valence-electron chi connectivity index (χ4n) is 4.03. The van der Waals surface area contributed by atoms with Gasteiger partial charge in [0.1, 0.15) is 11.5 Å². The van der Waals surface area contributed by atoms with Crippen LogP contribution in [0, 0.1) is 6.92 Å². The number of carbonyl (C=O) groups is 2. The van der Waals surface area contributed by atoms with Crippen molar-refractivity contribution in [2.45, 2.75) is 6.92 Å². The predicted octanol–water partition coefficient (Wildman–Crippen LogP) is 3.17. The van der Waals surface area contributed by atoms with E-state index in [9.17, 15) is 19.8 Å². The Morgan fingerprint density at radius 2 is 1.54 bits per heavy atom. The molecule has 1 aliphatic rings. The van der Waals surface area contributed by atoms with Gasteiger partial charge in [0.05, 0.1) is 27.8 Å². The number of para-hydroxylation sites is 1. The number of fused-ring (bicyclic) bond motifs is 5. The maximum absolute atomic E-state index is 12.7. The van der Waals surface area contributed by atoms with Crippen LogP contribution in [0.1, 0.15) is 26.3 Å². The number of aromatic hydroxyl groups is 2. The zero-order valence-corrected chi connectivity index (χ0v) is 14.8. The van der Waals surface area contributed by atoms with Crippen molar-refractivity contribution in [2.75, 3.05) is 5.73 Å². The summed E-state index contributed by atoms with van der Waals surface area (Å²) in [5.41, 5.74) is 9.50. The first kappa shape index (κ1) is 16.2. The second-order valence-corrected chi connectivity index (χ2v) is 6.85. The molecule has 1 aliphatic heterocycles. The van der Waals surface area contributed by atoms with Gasteiger partial charge in [-0.2, -0.15) is 0 Å². The van der Waals surface area contributed by atoms with Gasteiger partial charge in [0.15, 0.2) is 0 Å². The number of rotatable bonds is 1. The van der Waals surface area contributed by atoms with Crippen LogP contribution in [-0.2, 0) is 0 Å². The SMILES string of the molecule is Cc1c(O)cccc1-c1c2c(c3c([nH]c4c(O)cccc43)c1N)C(=O)NC2=O. The van der Waals surface area contributed by atoms with Crippen LogP contribution in [0.3, 0.4) is 0 Å². The summed E-state index contributed by atoms with van der Waals surface area (Å²) in [7, 11) is 0. The highest BCUT2D eigenvalue weighted by atomic mass is 16.3. The number of amides is 2. The summed E-state index contributed by atoms with van der Waals surface area (Å²) in [6.45, 7) is 1.71. The standard InChI is InChI=1S/C21H15N3O4/c1-8-9(4-2-6-11(8)25)13-15-16(21(28)24-20(15)27)14-10-5-3-7-12(26)18(10)23-19(14)17(13)22/h2-7,23,25-26H,22H2,1H3,(H,24,27,28). The molecule has 0 spiro atoms. The zero-order valence-electron chi connectivity index (χ0n) is 14.8. The number of imide groups is 1. The third-order valence-electron chi connectivity index (χ3n) is 5.36. The first-order chi connectivity index (χ1) is 13.4. The second-order valence-electron chi connectivity index (χ2n) is 6.85. The van der Waals surface area contributed by atoms with Gasteiger partial charge in [-0.3, -0.25) is 14.9 Å². The van der Waals surface area contributed by atoms with Crippen LogP contribution in [0.25, 0.3) is 32.9 Å². The zero-order chi connectivity index (χ0) is 19.7. The average molecular weight is 373 g/mol. The average Bonchev–Trinajstić information content (AvgIpc) is 3.18. The molecule has 0 atom stereocenters.